The van der Waals surface area contributed by atoms with Crippen molar-refractivity contribution in [1.82, 2.24) is 10.6 Å². The van der Waals surface area contributed by atoms with Crippen LogP contribution in [0.25, 0.3) is 0 Å². The van der Waals surface area contributed by atoms with E-state index in [9.17, 15) is 23.5 Å². The van der Waals surface area contributed by atoms with Crippen molar-refractivity contribution in [3.63, 3.8) is 0 Å². The first-order valence-corrected chi connectivity index (χ1v) is 7.86. The first-order valence-electron chi connectivity index (χ1n) is 7.86. The van der Waals surface area contributed by atoms with Gasteiger partial charge in [0, 0.05) is 12.1 Å². The molecule has 2 atom stereocenters. The number of carbonyl (C=O) groups is 2. The van der Waals surface area contributed by atoms with E-state index in [1.807, 2.05) is 13.8 Å². The van der Waals surface area contributed by atoms with Gasteiger partial charge in [0.2, 0.25) is 11.8 Å². The van der Waals surface area contributed by atoms with E-state index in [2.05, 4.69) is 10.6 Å². The van der Waals surface area contributed by atoms with E-state index in [0.717, 1.165) is 12.1 Å². The molecule has 134 valence electrons. The molecule has 0 radical (unpaired) electrons. The normalized spacial score (nSPS) is 13.6. The summed E-state index contributed by atoms with van der Waals surface area (Å²) in [5.41, 5.74) is 0.145. The van der Waals surface area contributed by atoms with Gasteiger partial charge in [-0.1, -0.05) is 13.8 Å². The number of rotatable bonds is 8. The van der Waals surface area contributed by atoms with E-state index in [-0.39, 0.29) is 24.6 Å². The van der Waals surface area contributed by atoms with E-state index >= 15 is 0 Å². The Bertz CT molecular complexity index is 559. The third kappa shape index (κ3) is 7.14. The maximum atomic E-state index is 13.1. The largest absolute Gasteiger partial charge is 0.395 e. The molecule has 1 aromatic carbocycles. The van der Waals surface area contributed by atoms with Crippen LogP contribution >= 0.6 is 0 Å². The van der Waals surface area contributed by atoms with E-state index < -0.39 is 29.5 Å². The van der Waals surface area contributed by atoms with Gasteiger partial charge in [-0.05, 0) is 37.0 Å². The highest BCUT2D eigenvalue weighted by Crippen LogP contribution is 2.09. The monoisotopic (exact) mass is 342 g/mol. The van der Waals surface area contributed by atoms with Gasteiger partial charge in [-0.3, -0.25) is 14.9 Å². The molecule has 24 heavy (non-hydrogen) atoms. The zero-order valence-electron chi connectivity index (χ0n) is 14.1. The van der Waals surface area contributed by atoms with E-state index in [0.29, 0.717) is 18.4 Å². The molecule has 1 unspecified atom stereocenters. The average Bonchev–Trinajstić information content (AvgIpc) is 2.44. The van der Waals surface area contributed by atoms with Crippen LogP contribution in [0.2, 0.25) is 0 Å². The van der Waals surface area contributed by atoms with Crippen molar-refractivity contribution in [3.05, 3.63) is 35.4 Å². The molecule has 0 aliphatic rings. The Balaban J connectivity index is 2.54. The van der Waals surface area contributed by atoms with Crippen LogP contribution in [0.3, 0.4) is 0 Å². The van der Waals surface area contributed by atoms with Gasteiger partial charge in [0.25, 0.3) is 0 Å². The maximum Gasteiger partial charge on any atom is 0.243 e. The topological polar surface area (TPSA) is 78.4 Å². The smallest absolute Gasteiger partial charge is 0.243 e. The molecule has 7 heteroatoms. The van der Waals surface area contributed by atoms with Crippen LogP contribution in [0.5, 0.6) is 0 Å². The standard InChI is InChI=1S/C17H24F2N2O3/c1-10(2)4-15(9-22)20-11(3)17(24)21-16(23)7-12-5-13(18)8-14(19)6-12/h5-6,8,10-11,15,20,22H,4,7,9H2,1-3H3,(H,21,23,24)/t11-,15?/m0/s1. The summed E-state index contributed by atoms with van der Waals surface area (Å²) in [7, 11) is 0. The minimum absolute atomic E-state index is 0.119. The van der Waals surface area contributed by atoms with Crippen LogP contribution in [0.1, 0.15) is 32.8 Å². The highest BCUT2D eigenvalue weighted by Gasteiger charge is 2.20. The number of hydrogen-bond donors (Lipinski definition) is 3. The van der Waals surface area contributed by atoms with Crippen LogP contribution in [-0.4, -0.2) is 35.6 Å². The first kappa shape index (κ1) is 20.2. The second kappa shape index (κ2) is 9.44. The van der Waals surface area contributed by atoms with Crippen LogP contribution < -0.4 is 10.6 Å². The summed E-state index contributed by atoms with van der Waals surface area (Å²) in [6.07, 6.45) is 0.382. The number of benzene rings is 1. The van der Waals surface area contributed by atoms with Gasteiger partial charge in [-0.2, -0.15) is 0 Å². The molecule has 0 bridgehead atoms. The fourth-order valence-corrected chi connectivity index (χ4v) is 2.38. The minimum Gasteiger partial charge on any atom is -0.395 e. The molecule has 0 fully saturated rings. The number of carbonyl (C=O) groups excluding carboxylic acids is 2. The second-order valence-corrected chi connectivity index (χ2v) is 6.26. The molecule has 3 N–H and O–H groups in total. The summed E-state index contributed by atoms with van der Waals surface area (Å²) < 4.78 is 26.2. The van der Waals surface area contributed by atoms with E-state index in [1.54, 1.807) is 6.92 Å². The predicted molar refractivity (Wildman–Crippen MR) is 86.1 cm³/mol. The third-order valence-electron chi connectivity index (χ3n) is 3.40. The molecule has 1 aromatic rings. The van der Waals surface area contributed by atoms with Crippen molar-refractivity contribution in [2.75, 3.05) is 6.61 Å². The zero-order valence-corrected chi connectivity index (χ0v) is 14.1. The van der Waals surface area contributed by atoms with Gasteiger partial charge in [-0.25, -0.2) is 8.78 Å². The summed E-state index contributed by atoms with van der Waals surface area (Å²) in [4.78, 5) is 23.8. The lowest BCUT2D eigenvalue weighted by molar-refractivity contribution is -0.131. The highest BCUT2D eigenvalue weighted by molar-refractivity contribution is 5.98. The fourth-order valence-electron chi connectivity index (χ4n) is 2.38. The lowest BCUT2D eigenvalue weighted by Gasteiger charge is -2.22. The number of aliphatic hydroxyl groups is 1. The molecular formula is C17H24F2N2O3. The molecule has 0 saturated heterocycles. The first-order chi connectivity index (χ1) is 11.2. The molecular weight excluding hydrogens is 318 g/mol. The Morgan fingerprint density at radius 1 is 1.12 bits per heavy atom. The number of hydrogen-bond acceptors (Lipinski definition) is 4. The fraction of sp³-hybridized carbons (Fsp3) is 0.529. The van der Waals surface area contributed by atoms with Crippen molar-refractivity contribution < 1.29 is 23.5 Å². The van der Waals surface area contributed by atoms with Crippen LogP contribution in [0, 0.1) is 17.6 Å². The van der Waals surface area contributed by atoms with Crippen molar-refractivity contribution in [2.24, 2.45) is 5.92 Å². The molecule has 0 heterocycles. The summed E-state index contributed by atoms with van der Waals surface area (Å²) in [5, 5.41) is 14.4. The number of halogens is 2. The Morgan fingerprint density at radius 3 is 2.21 bits per heavy atom. The molecule has 2 amide bonds. The number of amides is 2. The highest BCUT2D eigenvalue weighted by atomic mass is 19.1. The Kier molecular flexibility index (Phi) is 7.94. The summed E-state index contributed by atoms with van der Waals surface area (Å²) in [6, 6.07) is 1.85. The lowest BCUT2D eigenvalue weighted by atomic mass is 10.0. The quantitative estimate of drug-likeness (QED) is 0.670. The molecule has 0 saturated carbocycles. The second-order valence-electron chi connectivity index (χ2n) is 6.26. The third-order valence-corrected chi connectivity index (χ3v) is 3.40. The van der Waals surface area contributed by atoms with Crippen LogP contribution in [-0.2, 0) is 16.0 Å². The van der Waals surface area contributed by atoms with E-state index in [4.69, 9.17) is 0 Å². The number of nitrogens with one attached hydrogen (secondary N) is 2. The van der Waals surface area contributed by atoms with Gasteiger partial charge in [0.15, 0.2) is 0 Å². The Labute approximate surface area is 140 Å². The molecule has 1 rings (SSSR count). The van der Waals surface area contributed by atoms with Crippen molar-refractivity contribution >= 4 is 11.8 Å². The molecule has 0 aliphatic carbocycles. The lowest BCUT2D eigenvalue weighted by Crippen LogP contribution is -2.49. The Morgan fingerprint density at radius 2 is 1.71 bits per heavy atom. The molecule has 5 nitrogen and oxygen atoms in total. The molecule has 0 spiro atoms. The SMILES string of the molecule is CC(C)CC(CO)N[C@@H](C)C(=O)NC(=O)Cc1cc(F)cc(F)c1. The van der Waals surface area contributed by atoms with Gasteiger partial charge >= 0.3 is 0 Å². The molecule has 0 aromatic heterocycles. The minimum atomic E-state index is -0.779. The van der Waals surface area contributed by atoms with Gasteiger partial charge in [-0.15, -0.1) is 0 Å². The maximum absolute atomic E-state index is 13.1. The van der Waals surface area contributed by atoms with E-state index in [1.165, 1.54) is 0 Å². The van der Waals surface area contributed by atoms with Gasteiger partial charge in [0.05, 0.1) is 19.1 Å². The zero-order chi connectivity index (χ0) is 18.3. The number of aliphatic hydroxyl groups excluding tert-OH is 1. The average molecular weight is 342 g/mol. The van der Waals surface area contributed by atoms with Crippen LogP contribution in [0.15, 0.2) is 18.2 Å². The molecule has 0 aliphatic heterocycles. The van der Waals surface area contributed by atoms with Crippen molar-refractivity contribution in [1.29, 1.82) is 0 Å². The predicted octanol–water partition coefficient (Wildman–Crippen LogP) is 1.54. The summed E-state index contributed by atoms with van der Waals surface area (Å²) in [5.74, 6) is -2.42. The summed E-state index contributed by atoms with van der Waals surface area (Å²) in [6.45, 7) is 5.45. The van der Waals surface area contributed by atoms with Gasteiger partial charge < -0.3 is 10.4 Å². The number of imide groups is 1. The van der Waals surface area contributed by atoms with Crippen molar-refractivity contribution in [3.8, 4) is 0 Å². The van der Waals surface area contributed by atoms with Crippen molar-refractivity contribution in [2.45, 2.75) is 45.7 Å². The van der Waals surface area contributed by atoms with Crippen LogP contribution in [0.4, 0.5) is 8.78 Å². The Hall–Kier alpha value is -1.86. The summed E-state index contributed by atoms with van der Waals surface area (Å²) >= 11 is 0. The van der Waals surface area contributed by atoms with Gasteiger partial charge in [0.1, 0.15) is 11.6 Å².